The first kappa shape index (κ1) is 21.2. The number of amides is 2. The van der Waals surface area contributed by atoms with Gasteiger partial charge in [0, 0.05) is 37.7 Å². The van der Waals surface area contributed by atoms with E-state index in [9.17, 15) is 9.59 Å². The lowest BCUT2D eigenvalue weighted by Gasteiger charge is -2.27. The van der Waals surface area contributed by atoms with Crippen LogP contribution in [0.25, 0.3) is 0 Å². The van der Waals surface area contributed by atoms with Crippen molar-refractivity contribution in [2.45, 2.75) is 31.6 Å². The second-order valence-electron chi connectivity index (χ2n) is 8.35. The lowest BCUT2D eigenvalue weighted by atomic mass is 9.94. The largest absolute Gasteiger partial charge is 0.497 e. The monoisotopic (exact) mass is 422 g/mol. The van der Waals surface area contributed by atoms with Crippen LogP contribution in [0.3, 0.4) is 0 Å². The van der Waals surface area contributed by atoms with Gasteiger partial charge in [-0.3, -0.25) is 9.59 Å². The molecule has 0 aromatic heterocycles. The van der Waals surface area contributed by atoms with E-state index < -0.39 is 0 Å². The standard InChI is InChI=1S/C25H30N2O4/c1-30-22-10-6-18(7-11-22)19-5-3-4-14-26(16-19)25(29)20-15-24(28)27(17-20)21-8-12-23(31-2)13-9-21/h6-13,19-20H,3-5,14-17H2,1-2H3. The van der Waals surface area contributed by atoms with Crippen molar-refractivity contribution in [2.24, 2.45) is 5.92 Å². The lowest BCUT2D eigenvalue weighted by molar-refractivity contribution is -0.135. The van der Waals surface area contributed by atoms with Crippen LogP contribution in [0, 0.1) is 5.92 Å². The third-order valence-corrected chi connectivity index (χ3v) is 6.43. The summed E-state index contributed by atoms with van der Waals surface area (Å²) in [6, 6.07) is 15.6. The number of ether oxygens (including phenoxy) is 2. The van der Waals surface area contributed by atoms with E-state index in [0.717, 1.165) is 43.0 Å². The minimum absolute atomic E-state index is 0.00467. The lowest BCUT2D eigenvalue weighted by Crippen LogP contribution is -2.39. The maximum atomic E-state index is 13.4. The first-order chi connectivity index (χ1) is 15.1. The van der Waals surface area contributed by atoms with Crippen molar-refractivity contribution in [3.05, 3.63) is 54.1 Å². The van der Waals surface area contributed by atoms with Crippen LogP contribution in [0.2, 0.25) is 0 Å². The molecule has 0 aliphatic carbocycles. The molecule has 0 N–H and O–H groups in total. The van der Waals surface area contributed by atoms with Crippen LogP contribution >= 0.6 is 0 Å². The van der Waals surface area contributed by atoms with Crippen LogP contribution in [0.5, 0.6) is 11.5 Å². The predicted molar refractivity (Wildman–Crippen MR) is 120 cm³/mol. The summed E-state index contributed by atoms with van der Waals surface area (Å²) in [7, 11) is 3.28. The van der Waals surface area contributed by atoms with E-state index in [1.807, 2.05) is 41.3 Å². The Morgan fingerprint density at radius 3 is 2.19 bits per heavy atom. The van der Waals surface area contributed by atoms with Gasteiger partial charge in [-0.05, 0) is 54.8 Å². The maximum absolute atomic E-state index is 13.4. The number of hydrogen-bond acceptors (Lipinski definition) is 4. The fraction of sp³-hybridized carbons (Fsp3) is 0.440. The van der Waals surface area contributed by atoms with Gasteiger partial charge in [0.05, 0.1) is 20.1 Å². The van der Waals surface area contributed by atoms with E-state index >= 15 is 0 Å². The molecule has 2 atom stereocenters. The fourth-order valence-electron chi connectivity index (χ4n) is 4.63. The SMILES string of the molecule is COc1ccc(C2CCCCN(C(=O)C3CC(=O)N(c4ccc(OC)cc4)C3)C2)cc1. The van der Waals surface area contributed by atoms with Crippen LogP contribution in [-0.4, -0.2) is 50.6 Å². The molecule has 6 heteroatoms. The van der Waals surface area contributed by atoms with Crippen molar-refractivity contribution in [2.75, 3.05) is 38.8 Å². The number of carbonyl (C=O) groups excluding carboxylic acids is 2. The van der Waals surface area contributed by atoms with Gasteiger partial charge in [-0.1, -0.05) is 18.6 Å². The third-order valence-electron chi connectivity index (χ3n) is 6.43. The molecule has 2 heterocycles. The number of rotatable bonds is 5. The Labute approximate surface area is 183 Å². The molecule has 4 rings (SSSR count). The average Bonchev–Trinajstić information content (AvgIpc) is 3.04. The number of anilines is 1. The molecule has 2 fully saturated rings. The zero-order chi connectivity index (χ0) is 21.8. The number of carbonyl (C=O) groups is 2. The second kappa shape index (κ2) is 9.41. The van der Waals surface area contributed by atoms with E-state index in [4.69, 9.17) is 9.47 Å². The van der Waals surface area contributed by atoms with E-state index in [1.54, 1.807) is 19.1 Å². The molecular formula is C25H30N2O4. The molecule has 2 aromatic carbocycles. The van der Waals surface area contributed by atoms with Gasteiger partial charge >= 0.3 is 0 Å². The highest BCUT2D eigenvalue weighted by Gasteiger charge is 2.38. The van der Waals surface area contributed by atoms with E-state index in [2.05, 4.69) is 12.1 Å². The second-order valence-corrected chi connectivity index (χ2v) is 8.35. The quantitative estimate of drug-likeness (QED) is 0.734. The van der Waals surface area contributed by atoms with E-state index in [1.165, 1.54) is 5.56 Å². The zero-order valence-electron chi connectivity index (χ0n) is 18.3. The molecule has 0 radical (unpaired) electrons. The van der Waals surface area contributed by atoms with Crippen LogP contribution in [-0.2, 0) is 9.59 Å². The van der Waals surface area contributed by atoms with Crippen molar-refractivity contribution < 1.29 is 19.1 Å². The highest BCUT2D eigenvalue weighted by Crippen LogP contribution is 2.31. The Hall–Kier alpha value is -3.02. The third kappa shape index (κ3) is 4.68. The van der Waals surface area contributed by atoms with Crippen molar-refractivity contribution >= 4 is 17.5 Å². The first-order valence-corrected chi connectivity index (χ1v) is 11.0. The van der Waals surface area contributed by atoms with Crippen LogP contribution < -0.4 is 14.4 Å². The molecule has 2 aliphatic rings. The Balaban J connectivity index is 1.44. The van der Waals surface area contributed by atoms with Gasteiger partial charge in [-0.2, -0.15) is 0 Å². The summed E-state index contributed by atoms with van der Waals surface area (Å²) in [6.45, 7) is 1.91. The molecule has 2 aromatic rings. The number of methoxy groups -OCH3 is 2. The van der Waals surface area contributed by atoms with Gasteiger partial charge in [-0.15, -0.1) is 0 Å². The Kier molecular flexibility index (Phi) is 6.44. The summed E-state index contributed by atoms with van der Waals surface area (Å²) in [4.78, 5) is 29.7. The van der Waals surface area contributed by atoms with Gasteiger partial charge in [0.1, 0.15) is 11.5 Å². The highest BCUT2D eigenvalue weighted by molar-refractivity contribution is 6.00. The van der Waals surface area contributed by atoms with Crippen molar-refractivity contribution in [1.29, 1.82) is 0 Å². The van der Waals surface area contributed by atoms with Gasteiger partial charge in [0.2, 0.25) is 11.8 Å². The molecule has 2 aliphatic heterocycles. The predicted octanol–water partition coefficient (Wildman–Crippen LogP) is 3.85. The first-order valence-electron chi connectivity index (χ1n) is 11.0. The summed E-state index contributed by atoms with van der Waals surface area (Å²) in [6.07, 6.45) is 3.44. The van der Waals surface area contributed by atoms with E-state index in [0.29, 0.717) is 19.0 Å². The van der Waals surface area contributed by atoms with Gasteiger partial charge in [0.25, 0.3) is 0 Å². The number of hydrogen-bond donors (Lipinski definition) is 0. The topological polar surface area (TPSA) is 59.1 Å². The van der Waals surface area contributed by atoms with Crippen molar-refractivity contribution in [1.82, 2.24) is 4.90 Å². The molecule has 2 saturated heterocycles. The van der Waals surface area contributed by atoms with Crippen molar-refractivity contribution in [3.8, 4) is 11.5 Å². The highest BCUT2D eigenvalue weighted by atomic mass is 16.5. The molecule has 164 valence electrons. The summed E-state index contributed by atoms with van der Waals surface area (Å²) in [5.74, 6) is 1.72. The summed E-state index contributed by atoms with van der Waals surface area (Å²) < 4.78 is 10.5. The zero-order valence-corrected chi connectivity index (χ0v) is 18.3. The van der Waals surface area contributed by atoms with E-state index in [-0.39, 0.29) is 24.2 Å². The molecule has 2 amide bonds. The molecule has 0 spiro atoms. The maximum Gasteiger partial charge on any atom is 0.228 e. The van der Waals surface area contributed by atoms with Crippen LogP contribution in [0.1, 0.15) is 37.2 Å². The van der Waals surface area contributed by atoms with Gasteiger partial charge in [0.15, 0.2) is 0 Å². The Morgan fingerprint density at radius 1 is 0.903 bits per heavy atom. The normalized spacial score (nSPS) is 21.7. The summed E-state index contributed by atoms with van der Waals surface area (Å²) >= 11 is 0. The summed E-state index contributed by atoms with van der Waals surface area (Å²) in [5, 5.41) is 0. The minimum atomic E-state index is -0.288. The van der Waals surface area contributed by atoms with Gasteiger partial charge < -0.3 is 19.3 Å². The molecule has 0 bridgehead atoms. The Morgan fingerprint density at radius 2 is 1.55 bits per heavy atom. The molecule has 0 saturated carbocycles. The summed E-state index contributed by atoms with van der Waals surface area (Å²) in [5.41, 5.74) is 2.05. The molecule has 6 nitrogen and oxygen atoms in total. The van der Waals surface area contributed by atoms with Gasteiger partial charge in [-0.25, -0.2) is 0 Å². The Bertz CT molecular complexity index is 910. The molecule has 2 unspecified atom stereocenters. The molecular weight excluding hydrogens is 392 g/mol. The van der Waals surface area contributed by atoms with Crippen molar-refractivity contribution in [3.63, 3.8) is 0 Å². The average molecular weight is 423 g/mol. The molecule has 31 heavy (non-hydrogen) atoms. The van der Waals surface area contributed by atoms with Crippen LogP contribution in [0.4, 0.5) is 5.69 Å². The fourth-order valence-corrected chi connectivity index (χ4v) is 4.63. The smallest absolute Gasteiger partial charge is 0.228 e. The minimum Gasteiger partial charge on any atom is -0.497 e. The van der Waals surface area contributed by atoms with Crippen LogP contribution in [0.15, 0.2) is 48.5 Å². The number of nitrogens with zero attached hydrogens (tertiary/aromatic N) is 2. The number of likely N-dealkylation sites (tertiary alicyclic amines) is 1. The number of benzene rings is 2.